The Morgan fingerprint density at radius 3 is 2.28 bits per heavy atom. The fourth-order valence-corrected chi connectivity index (χ4v) is 2.02. The molecule has 18 heavy (non-hydrogen) atoms. The van der Waals surface area contributed by atoms with Crippen molar-refractivity contribution in [3.05, 3.63) is 42.2 Å². The summed E-state index contributed by atoms with van der Waals surface area (Å²) in [6.07, 6.45) is 4.85. The van der Waals surface area contributed by atoms with E-state index in [1.54, 1.807) is 6.26 Å². The summed E-state index contributed by atoms with van der Waals surface area (Å²) in [5.41, 5.74) is 2.62. The van der Waals surface area contributed by atoms with Crippen LogP contribution in [-0.4, -0.2) is 19.2 Å². The highest BCUT2D eigenvalue weighted by atomic mass is 16.5. The van der Waals surface area contributed by atoms with E-state index in [9.17, 15) is 0 Å². The molecule has 1 unspecified atom stereocenters. The number of rotatable bonds is 7. The van der Waals surface area contributed by atoms with Gasteiger partial charge in [0.2, 0.25) is 0 Å². The molecule has 0 aliphatic heterocycles. The van der Waals surface area contributed by atoms with E-state index in [-0.39, 0.29) is 6.10 Å². The molecule has 1 rings (SSSR count). The molecule has 0 saturated heterocycles. The second-order valence-electron chi connectivity index (χ2n) is 4.46. The molecule has 2 nitrogen and oxygen atoms in total. The summed E-state index contributed by atoms with van der Waals surface area (Å²) in [5, 5.41) is 0. The largest absolute Gasteiger partial charge is 0.498 e. The third kappa shape index (κ3) is 4.44. The van der Waals surface area contributed by atoms with Crippen LogP contribution in [0.4, 0.5) is 5.69 Å². The van der Waals surface area contributed by atoms with Crippen molar-refractivity contribution in [1.82, 2.24) is 0 Å². The molecule has 0 saturated carbocycles. The fourth-order valence-electron chi connectivity index (χ4n) is 2.02. The lowest BCUT2D eigenvalue weighted by atomic mass is 10.1. The number of nitrogens with zero attached hydrogens (tertiary/aromatic N) is 1. The standard InChI is InChI=1S/C16H25NO/c1-5-12-18-14(4)13-15-8-10-16(11-9-15)17(6-2)7-3/h5,8-12,14H,6-7,13H2,1-4H3. The van der Waals surface area contributed by atoms with Crippen molar-refractivity contribution in [2.75, 3.05) is 18.0 Å². The van der Waals surface area contributed by atoms with Crippen molar-refractivity contribution in [3.63, 3.8) is 0 Å². The summed E-state index contributed by atoms with van der Waals surface area (Å²) in [5.74, 6) is 0. The first-order valence-corrected chi connectivity index (χ1v) is 6.81. The first kappa shape index (κ1) is 14.6. The summed E-state index contributed by atoms with van der Waals surface area (Å²) < 4.78 is 5.52. The zero-order chi connectivity index (χ0) is 13.4. The Balaban J connectivity index is 2.59. The van der Waals surface area contributed by atoms with Crippen LogP contribution in [0, 0.1) is 0 Å². The minimum Gasteiger partial charge on any atom is -0.498 e. The van der Waals surface area contributed by atoms with E-state index in [0.717, 1.165) is 19.5 Å². The van der Waals surface area contributed by atoms with Crippen LogP contribution in [0.25, 0.3) is 0 Å². The average molecular weight is 247 g/mol. The van der Waals surface area contributed by atoms with Crippen LogP contribution in [-0.2, 0) is 11.2 Å². The van der Waals surface area contributed by atoms with Gasteiger partial charge in [0.05, 0.1) is 12.4 Å². The van der Waals surface area contributed by atoms with Gasteiger partial charge in [-0.3, -0.25) is 0 Å². The smallest absolute Gasteiger partial charge is 0.0990 e. The van der Waals surface area contributed by atoms with Gasteiger partial charge in [0.1, 0.15) is 0 Å². The van der Waals surface area contributed by atoms with Crippen molar-refractivity contribution >= 4 is 5.69 Å². The Bertz CT molecular complexity index is 352. The Morgan fingerprint density at radius 1 is 1.17 bits per heavy atom. The summed E-state index contributed by atoms with van der Waals surface area (Å²) in [6, 6.07) is 8.79. The maximum absolute atomic E-state index is 5.52. The molecular weight excluding hydrogens is 222 g/mol. The van der Waals surface area contributed by atoms with E-state index in [1.807, 2.05) is 13.0 Å². The minimum atomic E-state index is 0.223. The summed E-state index contributed by atoms with van der Waals surface area (Å²) in [6.45, 7) is 10.5. The van der Waals surface area contributed by atoms with Crippen LogP contribution in [0.2, 0.25) is 0 Å². The summed E-state index contributed by atoms with van der Waals surface area (Å²) in [7, 11) is 0. The van der Waals surface area contributed by atoms with Crippen LogP contribution in [0.15, 0.2) is 36.6 Å². The Hall–Kier alpha value is -1.44. The quantitative estimate of drug-likeness (QED) is 0.675. The van der Waals surface area contributed by atoms with Gasteiger partial charge in [-0.25, -0.2) is 0 Å². The highest BCUT2D eigenvalue weighted by Crippen LogP contribution is 2.16. The van der Waals surface area contributed by atoms with Crippen molar-refractivity contribution < 1.29 is 4.74 Å². The lowest BCUT2D eigenvalue weighted by Gasteiger charge is -2.21. The summed E-state index contributed by atoms with van der Waals surface area (Å²) >= 11 is 0. The molecule has 1 aromatic carbocycles. The molecule has 0 aliphatic carbocycles. The highest BCUT2D eigenvalue weighted by molar-refractivity contribution is 5.47. The van der Waals surface area contributed by atoms with Crippen LogP contribution >= 0.6 is 0 Å². The van der Waals surface area contributed by atoms with Gasteiger partial charge in [-0.2, -0.15) is 0 Å². The molecule has 0 aromatic heterocycles. The molecule has 1 aromatic rings. The van der Waals surface area contributed by atoms with E-state index in [1.165, 1.54) is 11.3 Å². The molecule has 0 aliphatic rings. The van der Waals surface area contributed by atoms with E-state index in [2.05, 4.69) is 49.9 Å². The normalized spacial score (nSPS) is 12.7. The topological polar surface area (TPSA) is 12.5 Å². The number of benzene rings is 1. The van der Waals surface area contributed by atoms with Crippen LogP contribution < -0.4 is 4.90 Å². The van der Waals surface area contributed by atoms with Crippen molar-refractivity contribution in [3.8, 4) is 0 Å². The Morgan fingerprint density at radius 2 is 1.78 bits per heavy atom. The maximum Gasteiger partial charge on any atom is 0.0990 e. The minimum absolute atomic E-state index is 0.223. The monoisotopic (exact) mass is 247 g/mol. The van der Waals surface area contributed by atoms with Crippen molar-refractivity contribution in [2.24, 2.45) is 0 Å². The first-order chi connectivity index (χ1) is 8.71. The second-order valence-corrected chi connectivity index (χ2v) is 4.46. The van der Waals surface area contributed by atoms with E-state index in [4.69, 9.17) is 4.74 Å². The van der Waals surface area contributed by atoms with Gasteiger partial charge in [-0.05, 0) is 45.4 Å². The third-order valence-corrected chi connectivity index (χ3v) is 3.04. The molecule has 100 valence electrons. The van der Waals surface area contributed by atoms with Gasteiger partial charge < -0.3 is 9.64 Å². The van der Waals surface area contributed by atoms with Gasteiger partial charge in [0, 0.05) is 25.2 Å². The third-order valence-electron chi connectivity index (χ3n) is 3.04. The lowest BCUT2D eigenvalue weighted by molar-refractivity contribution is 0.161. The zero-order valence-corrected chi connectivity index (χ0v) is 12.0. The van der Waals surface area contributed by atoms with E-state index in [0.29, 0.717) is 0 Å². The molecule has 0 N–H and O–H groups in total. The van der Waals surface area contributed by atoms with Crippen LogP contribution in [0.1, 0.15) is 33.3 Å². The molecular formula is C16H25NO. The zero-order valence-electron chi connectivity index (χ0n) is 12.0. The Kier molecular flexibility index (Phi) is 6.34. The van der Waals surface area contributed by atoms with E-state index >= 15 is 0 Å². The fraction of sp³-hybridized carbons (Fsp3) is 0.500. The molecule has 0 spiro atoms. The van der Waals surface area contributed by atoms with Gasteiger partial charge >= 0.3 is 0 Å². The molecule has 0 amide bonds. The van der Waals surface area contributed by atoms with Gasteiger partial charge in [0.15, 0.2) is 0 Å². The molecule has 0 bridgehead atoms. The number of hydrogen-bond donors (Lipinski definition) is 0. The first-order valence-electron chi connectivity index (χ1n) is 6.81. The predicted octanol–water partition coefficient (Wildman–Crippen LogP) is 4.01. The van der Waals surface area contributed by atoms with Crippen molar-refractivity contribution in [2.45, 2.75) is 40.2 Å². The van der Waals surface area contributed by atoms with Crippen molar-refractivity contribution in [1.29, 1.82) is 0 Å². The summed E-state index contributed by atoms with van der Waals surface area (Å²) in [4.78, 5) is 2.35. The molecule has 1 atom stereocenters. The molecule has 0 fully saturated rings. The lowest BCUT2D eigenvalue weighted by Crippen LogP contribution is -2.21. The van der Waals surface area contributed by atoms with Gasteiger partial charge in [-0.15, -0.1) is 0 Å². The van der Waals surface area contributed by atoms with Crippen LogP contribution in [0.3, 0.4) is 0 Å². The average Bonchev–Trinajstić information content (AvgIpc) is 2.40. The number of ether oxygens (including phenoxy) is 1. The molecule has 0 radical (unpaired) electrons. The van der Waals surface area contributed by atoms with Gasteiger partial charge in [-0.1, -0.05) is 18.2 Å². The SMILES string of the molecule is CC=COC(C)Cc1ccc(N(CC)CC)cc1. The van der Waals surface area contributed by atoms with Crippen LogP contribution in [0.5, 0.6) is 0 Å². The predicted molar refractivity (Wildman–Crippen MR) is 79.1 cm³/mol. The Labute approximate surface area is 111 Å². The molecule has 2 heteroatoms. The molecule has 0 heterocycles. The second kappa shape index (κ2) is 7.80. The highest BCUT2D eigenvalue weighted by Gasteiger charge is 2.04. The van der Waals surface area contributed by atoms with E-state index < -0.39 is 0 Å². The van der Waals surface area contributed by atoms with Gasteiger partial charge in [0.25, 0.3) is 0 Å². The number of hydrogen-bond acceptors (Lipinski definition) is 2. The maximum atomic E-state index is 5.52. The number of allylic oxidation sites excluding steroid dienone is 1. The number of anilines is 1.